The number of rotatable bonds is 6. The highest BCUT2D eigenvalue weighted by atomic mass is 16.5. The molecule has 0 unspecified atom stereocenters. The lowest BCUT2D eigenvalue weighted by molar-refractivity contribution is 0.0918. The molecule has 0 bridgehead atoms. The van der Waals surface area contributed by atoms with Crippen LogP contribution in [0.4, 0.5) is 0 Å². The topological polar surface area (TPSA) is 63.0 Å². The van der Waals surface area contributed by atoms with E-state index in [0.29, 0.717) is 22.4 Å². The molecular weight excluding hydrogens is 372 g/mol. The van der Waals surface area contributed by atoms with Crippen LogP contribution in [0.1, 0.15) is 15.9 Å². The number of hydrogen-bond donors (Lipinski definition) is 0. The van der Waals surface area contributed by atoms with Crippen LogP contribution in [0.3, 0.4) is 0 Å². The number of hydrogen-bond acceptors (Lipinski definition) is 4. The van der Waals surface area contributed by atoms with Gasteiger partial charge in [-0.05, 0) is 11.6 Å². The molecule has 0 aliphatic rings. The van der Waals surface area contributed by atoms with Crippen LogP contribution in [0.2, 0.25) is 0 Å². The first-order chi connectivity index (χ1) is 14.8. The van der Waals surface area contributed by atoms with Crippen LogP contribution >= 0.6 is 0 Å². The third-order valence-corrected chi connectivity index (χ3v) is 4.69. The number of nitrogens with zero attached hydrogens (tertiary/aromatic N) is 2. The number of carbonyl (C=O) groups excluding carboxylic acids is 1. The van der Waals surface area contributed by atoms with Crippen LogP contribution in [-0.4, -0.2) is 17.4 Å². The Morgan fingerprint density at radius 1 is 0.833 bits per heavy atom. The number of nitriles is 1. The lowest BCUT2D eigenvalue weighted by atomic mass is 9.99. The molecule has 0 atom stereocenters. The van der Waals surface area contributed by atoms with E-state index in [-0.39, 0.29) is 18.3 Å². The van der Waals surface area contributed by atoms with Crippen molar-refractivity contribution in [1.29, 1.82) is 5.26 Å². The number of Topliss-reactive ketones (excluding diaryl/α,β-unsaturated/α-hetero) is 1. The average Bonchev–Trinajstić information content (AvgIpc) is 2.83. The van der Waals surface area contributed by atoms with Gasteiger partial charge in [-0.15, -0.1) is 0 Å². The lowest BCUT2D eigenvalue weighted by Crippen LogP contribution is -2.13. The molecule has 1 heterocycles. The van der Waals surface area contributed by atoms with Crippen molar-refractivity contribution in [2.24, 2.45) is 0 Å². The predicted molar refractivity (Wildman–Crippen MR) is 116 cm³/mol. The third-order valence-electron chi connectivity index (χ3n) is 4.69. The van der Waals surface area contributed by atoms with Gasteiger partial charge in [0.25, 0.3) is 0 Å². The molecule has 3 aromatic carbocycles. The van der Waals surface area contributed by atoms with Crippen LogP contribution in [0, 0.1) is 11.3 Å². The first-order valence-electron chi connectivity index (χ1n) is 9.53. The molecular formula is C26H18N2O2. The van der Waals surface area contributed by atoms with Crippen LogP contribution in [0.25, 0.3) is 22.4 Å². The Kier molecular flexibility index (Phi) is 5.63. The smallest absolute Gasteiger partial charge is 0.233 e. The van der Waals surface area contributed by atoms with Gasteiger partial charge in [0.2, 0.25) is 5.88 Å². The molecule has 144 valence electrons. The molecule has 0 amide bonds. The molecule has 4 heteroatoms. The second-order valence-corrected chi connectivity index (χ2v) is 6.66. The maximum Gasteiger partial charge on any atom is 0.233 e. The van der Waals surface area contributed by atoms with Gasteiger partial charge in [-0.1, -0.05) is 91.0 Å². The van der Waals surface area contributed by atoms with E-state index in [4.69, 9.17) is 4.74 Å². The summed E-state index contributed by atoms with van der Waals surface area (Å²) in [6, 6.07) is 32.3. The number of carbonyl (C=O) groups is 1. The fourth-order valence-corrected chi connectivity index (χ4v) is 3.18. The molecule has 0 saturated heterocycles. The van der Waals surface area contributed by atoms with E-state index in [1.165, 1.54) is 0 Å². The molecule has 0 fully saturated rings. The van der Waals surface area contributed by atoms with Crippen molar-refractivity contribution in [2.45, 2.75) is 0 Å². The monoisotopic (exact) mass is 390 g/mol. The molecule has 4 rings (SSSR count). The van der Waals surface area contributed by atoms with E-state index in [2.05, 4.69) is 11.1 Å². The highest BCUT2D eigenvalue weighted by molar-refractivity contribution is 5.97. The minimum Gasteiger partial charge on any atom is -0.468 e. The van der Waals surface area contributed by atoms with E-state index in [1.807, 2.05) is 72.8 Å². The molecule has 0 aliphatic heterocycles. The normalized spacial score (nSPS) is 10.2. The maximum atomic E-state index is 12.5. The Morgan fingerprint density at radius 3 is 2.00 bits per heavy atom. The number of benzene rings is 3. The van der Waals surface area contributed by atoms with E-state index < -0.39 is 0 Å². The summed E-state index contributed by atoms with van der Waals surface area (Å²) < 4.78 is 5.79. The fraction of sp³-hybridized carbons (Fsp3) is 0.0385. The van der Waals surface area contributed by atoms with Crippen LogP contribution in [0.5, 0.6) is 5.88 Å². The zero-order valence-corrected chi connectivity index (χ0v) is 16.2. The summed E-state index contributed by atoms with van der Waals surface area (Å²) in [5.41, 5.74) is 4.04. The molecule has 0 N–H and O–H groups in total. The molecule has 0 saturated carbocycles. The fourth-order valence-electron chi connectivity index (χ4n) is 3.18. The van der Waals surface area contributed by atoms with Crippen molar-refractivity contribution in [3.05, 3.63) is 108 Å². The van der Waals surface area contributed by atoms with Crippen molar-refractivity contribution in [1.82, 2.24) is 4.98 Å². The van der Waals surface area contributed by atoms with Gasteiger partial charge in [-0.3, -0.25) is 4.79 Å². The quantitative estimate of drug-likeness (QED) is 0.405. The lowest BCUT2D eigenvalue weighted by Gasteiger charge is -2.13. The van der Waals surface area contributed by atoms with Crippen molar-refractivity contribution >= 4 is 5.78 Å². The van der Waals surface area contributed by atoms with Crippen molar-refractivity contribution in [2.75, 3.05) is 6.61 Å². The summed E-state index contributed by atoms with van der Waals surface area (Å²) in [7, 11) is 0. The zero-order valence-electron chi connectivity index (χ0n) is 16.2. The van der Waals surface area contributed by atoms with Crippen LogP contribution in [0.15, 0.2) is 97.1 Å². The van der Waals surface area contributed by atoms with Crippen molar-refractivity contribution < 1.29 is 9.53 Å². The minimum atomic E-state index is -0.196. The Balaban J connectivity index is 1.76. The van der Waals surface area contributed by atoms with E-state index >= 15 is 0 Å². The Hall–Kier alpha value is -4.23. The minimum absolute atomic E-state index is 0.155. The Morgan fingerprint density at radius 2 is 1.40 bits per heavy atom. The molecule has 1 aromatic heterocycles. The molecule has 0 aliphatic carbocycles. The number of pyridine rings is 1. The number of ketones is 1. The first kappa shape index (κ1) is 19.1. The van der Waals surface area contributed by atoms with Gasteiger partial charge >= 0.3 is 0 Å². The van der Waals surface area contributed by atoms with Gasteiger partial charge in [0, 0.05) is 16.7 Å². The number of aromatic nitrogens is 1. The summed E-state index contributed by atoms with van der Waals surface area (Å²) >= 11 is 0. The first-order valence-corrected chi connectivity index (χ1v) is 9.53. The van der Waals surface area contributed by atoms with Gasteiger partial charge in [-0.2, -0.15) is 5.26 Å². The molecule has 0 spiro atoms. The Bertz CT molecular complexity index is 1200. The highest BCUT2D eigenvalue weighted by Gasteiger charge is 2.18. The average molecular weight is 390 g/mol. The second kappa shape index (κ2) is 8.85. The van der Waals surface area contributed by atoms with Gasteiger partial charge < -0.3 is 4.74 Å². The van der Waals surface area contributed by atoms with Crippen molar-refractivity contribution in [3.8, 4) is 34.3 Å². The molecule has 0 radical (unpaired) electrons. The maximum absolute atomic E-state index is 12.5. The van der Waals surface area contributed by atoms with Crippen LogP contribution in [-0.2, 0) is 0 Å². The van der Waals surface area contributed by atoms with E-state index in [0.717, 1.165) is 11.1 Å². The molecule has 30 heavy (non-hydrogen) atoms. The SMILES string of the molecule is N#Cc1c(-c2ccccc2)cc(-c2ccccc2)nc1OCC(=O)c1ccccc1. The van der Waals surface area contributed by atoms with E-state index in [9.17, 15) is 10.1 Å². The standard InChI is InChI=1S/C26H18N2O2/c27-17-23-22(19-10-4-1-5-11-19)16-24(20-12-6-2-7-13-20)28-26(23)30-18-25(29)21-14-8-3-9-15-21/h1-16H,18H2. The predicted octanol–water partition coefficient (Wildman–Crippen LogP) is 5.55. The third kappa shape index (κ3) is 4.11. The summed E-state index contributed by atoms with van der Waals surface area (Å²) in [5.74, 6) is -0.0188. The largest absolute Gasteiger partial charge is 0.468 e. The van der Waals surface area contributed by atoms with Gasteiger partial charge in [0.15, 0.2) is 12.4 Å². The zero-order chi connectivity index (χ0) is 20.8. The van der Waals surface area contributed by atoms with Crippen LogP contribution < -0.4 is 4.74 Å². The summed E-state index contributed by atoms with van der Waals surface area (Å²) in [4.78, 5) is 17.1. The second-order valence-electron chi connectivity index (χ2n) is 6.66. The number of ether oxygens (including phenoxy) is 1. The Labute approximate surface area is 175 Å². The van der Waals surface area contributed by atoms with Crippen molar-refractivity contribution in [3.63, 3.8) is 0 Å². The van der Waals surface area contributed by atoms with E-state index in [1.54, 1.807) is 24.3 Å². The highest BCUT2D eigenvalue weighted by Crippen LogP contribution is 2.33. The molecule has 4 aromatic rings. The summed E-state index contributed by atoms with van der Waals surface area (Å²) in [6.45, 7) is -0.196. The van der Waals surface area contributed by atoms with Gasteiger partial charge in [0.05, 0.1) is 5.69 Å². The summed E-state index contributed by atoms with van der Waals surface area (Å²) in [6.07, 6.45) is 0. The summed E-state index contributed by atoms with van der Waals surface area (Å²) in [5, 5.41) is 9.85. The van der Waals surface area contributed by atoms with Gasteiger partial charge in [-0.25, -0.2) is 4.98 Å². The molecule has 4 nitrogen and oxygen atoms in total. The van der Waals surface area contributed by atoms with Gasteiger partial charge in [0.1, 0.15) is 11.6 Å².